The van der Waals surface area contributed by atoms with E-state index in [2.05, 4.69) is 15.6 Å². The summed E-state index contributed by atoms with van der Waals surface area (Å²) < 4.78 is 36.1. The third-order valence-corrected chi connectivity index (χ3v) is 10.4. The van der Waals surface area contributed by atoms with Gasteiger partial charge in [-0.1, -0.05) is 24.3 Å². The second-order valence-electron chi connectivity index (χ2n) is 15.3. The normalized spacial score (nSPS) is 12.4. The first-order valence-corrected chi connectivity index (χ1v) is 19.4. The summed E-state index contributed by atoms with van der Waals surface area (Å²) in [6.45, 7) is 13.1. The number of carboxylic acids is 1. The van der Waals surface area contributed by atoms with Gasteiger partial charge in [0.1, 0.15) is 17.3 Å². The molecule has 56 heavy (non-hydrogen) atoms. The number of nitrogens with zero attached hydrogens (tertiary/aromatic N) is 3. The molecule has 0 spiro atoms. The largest absolute Gasteiger partial charge is 0.479 e. The van der Waals surface area contributed by atoms with Crippen molar-refractivity contribution in [1.29, 1.82) is 5.26 Å². The van der Waals surface area contributed by atoms with Crippen LogP contribution >= 0.6 is 0 Å². The number of hydrogen-bond donors (Lipinski definition) is 3. The van der Waals surface area contributed by atoms with Crippen LogP contribution in [0.4, 0.5) is 26.8 Å². The molecule has 0 aliphatic rings. The Bertz CT molecular complexity index is 2240. The van der Waals surface area contributed by atoms with Crippen LogP contribution in [0.5, 0.6) is 0 Å². The molecular weight excluding hydrogens is 739 g/mol. The number of rotatable bonds is 12. The maximum atomic E-state index is 13.3. The summed E-state index contributed by atoms with van der Waals surface area (Å²) in [7, 11) is -3.67. The fourth-order valence-electron chi connectivity index (χ4n) is 5.50. The zero-order valence-corrected chi connectivity index (χ0v) is 33.5. The van der Waals surface area contributed by atoms with E-state index in [4.69, 9.17) is 9.47 Å². The van der Waals surface area contributed by atoms with Crippen LogP contribution in [0.3, 0.4) is 0 Å². The van der Waals surface area contributed by atoms with E-state index < -0.39 is 50.5 Å². The number of ether oxygens (including phenoxy) is 2. The van der Waals surface area contributed by atoms with Crippen molar-refractivity contribution >= 4 is 61.9 Å². The number of anilines is 3. The highest BCUT2D eigenvalue weighted by molar-refractivity contribution is 7.92. The van der Waals surface area contributed by atoms with Gasteiger partial charge < -0.3 is 25.2 Å². The number of nitriles is 1. The zero-order valence-electron chi connectivity index (χ0n) is 32.7. The topological polar surface area (TPSA) is 205 Å². The SMILES string of the molecule is CC(C)S(=O)(=O)c1ccc(NC(=O)CCCc2ccc(C(Nc3ccc4c(N(C(=O)OC(C)(C)C)C(=O)OC(C)(C)C)nccc4c3)C(=O)O)cc2)cc1C#N. The quantitative estimate of drug-likeness (QED) is 0.124. The minimum absolute atomic E-state index is 0.0121. The third kappa shape index (κ3) is 11.0. The van der Waals surface area contributed by atoms with E-state index in [9.17, 15) is 38.0 Å². The molecule has 0 fully saturated rings. The highest BCUT2D eigenvalue weighted by Crippen LogP contribution is 2.31. The Morgan fingerprint density at radius 1 is 0.875 bits per heavy atom. The predicted octanol–water partition coefficient (Wildman–Crippen LogP) is 8.16. The molecule has 0 aliphatic carbocycles. The molecule has 14 nitrogen and oxygen atoms in total. The monoisotopic (exact) mass is 785 g/mol. The minimum atomic E-state index is -3.67. The maximum Gasteiger partial charge on any atom is 0.425 e. The van der Waals surface area contributed by atoms with Gasteiger partial charge in [-0.3, -0.25) is 4.79 Å². The number of carboxylic acid groups (broad SMARTS) is 1. The van der Waals surface area contributed by atoms with Crippen LogP contribution < -0.4 is 15.5 Å². The van der Waals surface area contributed by atoms with Gasteiger partial charge in [0.25, 0.3) is 0 Å². The number of imide groups is 1. The van der Waals surface area contributed by atoms with Crippen molar-refractivity contribution in [2.24, 2.45) is 0 Å². The smallest absolute Gasteiger partial charge is 0.425 e. The average molecular weight is 786 g/mol. The fraction of sp³-hybridized carbons (Fsp3) is 0.366. The van der Waals surface area contributed by atoms with Crippen LogP contribution in [0.15, 0.2) is 77.8 Å². The fourth-order valence-corrected chi connectivity index (χ4v) is 6.67. The molecule has 0 aliphatic heterocycles. The lowest BCUT2D eigenvalue weighted by Crippen LogP contribution is -2.44. The van der Waals surface area contributed by atoms with E-state index in [0.717, 1.165) is 10.5 Å². The molecule has 4 rings (SSSR count). The van der Waals surface area contributed by atoms with Crippen molar-refractivity contribution < 1.29 is 42.2 Å². The van der Waals surface area contributed by atoms with Crippen LogP contribution in [0.2, 0.25) is 0 Å². The lowest BCUT2D eigenvalue weighted by atomic mass is 10.0. The van der Waals surface area contributed by atoms with Gasteiger partial charge in [-0.2, -0.15) is 10.2 Å². The second-order valence-corrected chi connectivity index (χ2v) is 17.8. The number of nitrogens with one attached hydrogen (secondary N) is 2. The van der Waals surface area contributed by atoms with Crippen molar-refractivity contribution in [3.8, 4) is 6.07 Å². The summed E-state index contributed by atoms with van der Waals surface area (Å²) >= 11 is 0. The molecule has 0 bridgehead atoms. The predicted molar refractivity (Wildman–Crippen MR) is 212 cm³/mol. The van der Waals surface area contributed by atoms with Gasteiger partial charge in [-0.15, -0.1) is 0 Å². The van der Waals surface area contributed by atoms with Crippen LogP contribution in [0.1, 0.15) is 91.0 Å². The zero-order chi connectivity index (χ0) is 41.6. The Kier molecular flexibility index (Phi) is 13.1. The van der Waals surface area contributed by atoms with E-state index in [1.807, 2.05) is 6.07 Å². The number of amides is 3. The Balaban J connectivity index is 1.44. The van der Waals surface area contributed by atoms with Gasteiger partial charge in [0.05, 0.1) is 15.7 Å². The first-order chi connectivity index (χ1) is 26.1. The summed E-state index contributed by atoms with van der Waals surface area (Å²) in [5.41, 5.74) is 0.261. The van der Waals surface area contributed by atoms with Gasteiger partial charge in [0.2, 0.25) is 5.91 Å². The molecule has 0 saturated heterocycles. The Morgan fingerprint density at radius 3 is 2.04 bits per heavy atom. The molecule has 0 radical (unpaired) electrons. The Labute approximate surface area is 326 Å². The lowest BCUT2D eigenvalue weighted by Gasteiger charge is -2.28. The van der Waals surface area contributed by atoms with Crippen LogP contribution in [0, 0.1) is 11.3 Å². The number of carbonyl (C=O) groups excluding carboxylic acids is 3. The van der Waals surface area contributed by atoms with Crippen LogP contribution in [-0.2, 0) is 35.3 Å². The molecule has 4 aromatic rings. The number of carbonyl (C=O) groups is 4. The van der Waals surface area contributed by atoms with Gasteiger partial charge in [-0.05, 0) is 127 Å². The van der Waals surface area contributed by atoms with Gasteiger partial charge in [0.15, 0.2) is 21.7 Å². The summed E-state index contributed by atoms with van der Waals surface area (Å²) in [6.07, 6.45) is 0.644. The first-order valence-electron chi connectivity index (χ1n) is 17.9. The molecule has 1 aromatic heterocycles. The molecule has 15 heteroatoms. The maximum absolute atomic E-state index is 13.3. The molecule has 1 unspecified atom stereocenters. The number of aryl methyl sites for hydroxylation is 1. The molecule has 296 valence electrons. The van der Waals surface area contributed by atoms with Crippen molar-refractivity contribution in [1.82, 2.24) is 4.98 Å². The molecular formula is C41H47N5O9S. The number of aromatic nitrogens is 1. The van der Waals surface area contributed by atoms with Crippen molar-refractivity contribution in [3.05, 3.63) is 89.6 Å². The number of sulfone groups is 1. The highest BCUT2D eigenvalue weighted by atomic mass is 32.2. The summed E-state index contributed by atoms with van der Waals surface area (Å²) in [5, 5.41) is 25.7. The number of hydrogen-bond acceptors (Lipinski definition) is 11. The number of pyridine rings is 1. The van der Waals surface area contributed by atoms with Crippen LogP contribution in [0.25, 0.3) is 10.8 Å². The second kappa shape index (κ2) is 17.2. The van der Waals surface area contributed by atoms with Gasteiger partial charge >= 0.3 is 18.2 Å². The van der Waals surface area contributed by atoms with E-state index in [1.165, 1.54) is 38.2 Å². The minimum Gasteiger partial charge on any atom is -0.479 e. The highest BCUT2D eigenvalue weighted by Gasteiger charge is 2.35. The van der Waals surface area contributed by atoms with Gasteiger partial charge in [-0.25, -0.2) is 27.8 Å². The number of benzene rings is 3. The van der Waals surface area contributed by atoms with E-state index in [-0.39, 0.29) is 28.6 Å². The average Bonchev–Trinajstić information content (AvgIpc) is 3.09. The lowest BCUT2D eigenvalue weighted by molar-refractivity contribution is -0.138. The summed E-state index contributed by atoms with van der Waals surface area (Å²) in [5.74, 6) is -1.44. The number of aliphatic carboxylic acids is 1. The Morgan fingerprint density at radius 2 is 1.48 bits per heavy atom. The molecule has 1 heterocycles. The van der Waals surface area contributed by atoms with Crippen molar-refractivity contribution in [2.75, 3.05) is 15.5 Å². The summed E-state index contributed by atoms with van der Waals surface area (Å²) in [4.78, 5) is 56.6. The van der Waals surface area contributed by atoms with Crippen molar-refractivity contribution in [2.45, 2.75) is 102 Å². The van der Waals surface area contributed by atoms with E-state index in [1.54, 1.807) is 90.1 Å². The standard InChI is InChI=1S/C41H47N5O9S/c1-25(2)56(52,53)33-19-17-30(23-29(33)24-42)44-34(47)11-9-10-26-12-14-27(15-13-26)35(37(48)49)45-31-16-18-32-28(22-31)20-21-43-36(32)46(38(50)54-40(3,4)5)39(51)55-41(6,7)8/h12-23,25,35,45H,9-11H2,1-8H3,(H,44,47)(H,48,49). The van der Waals surface area contributed by atoms with E-state index in [0.29, 0.717) is 40.6 Å². The molecule has 1 atom stereocenters. The molecule has 0 saturated carbocycles. The van der Waals surface area contributed by atoms with Crippen molar-refractivity contribution in [3.63, 3.8) is 0 Å². The molecule has 3 aromatic carbocycles. The van der Waals surface area contributed by atoms with E-state index >= 15 is 0 Å². The third-order valence-electron chi connectivity index (χ3n) is 8.16. The molecule has 3 amide bonds. The Hall–Kier alpha value is -6.01. The molecule has 3 N–H and O–H groups in total. The van der Waals surface area contributed by atoms with Crippen LogP contribution in [-0.4, -0.2) is 59.0 Å². The first kappa shape index (κ1) is 42.7. The van der Waals surface area contributed by atoms with Gasteiger partial charge in [0, 0.05) is 29.4 Å². The summed E-state index contributed by atoms with van der Waals surface area (Å²) in [6, 6.07) is 18.4. The number of fused-ring (bicyclic) bond motifs is 1.